The molecule has 0 fully saturated rings. The van der Waals surface area contributed by atoms with Crippen LogP contribution in [0.25, 0.3) is 0 Å². The molecule has 0 spiro atoms. The Hall–Kier alpha value is -2.60. The molecule has 0 bridgehead atoms. The Balaban J connectivity index is 0.00000100. The van der Waals surface area contributed by atoms with Gasteiger partial charge in [-0.3, -0.25) is 0 Å². The summed E-state index contributed by atoms with van der Waals surface area (Å²) < 4.78 is 89.4. The van der Waals surface area contributed by atoms with Crippen LogP contribution >= 0.6 is 0 Å². The molecular weight excluding hydrogens is 761 g/mol. The molecule has 0 amide bonds. The third kappa shape index (κ3) is 16.8. The zero-order valence-electron chi connectivity index (χ0n) is 31.7. The average molecular weight is 811 g/mol. The quantitative estimate of drug-likeness (QED) is 0.0710. The Morgan fingerprint density at radius 2 is 0.604 bits per heavy atom. The van der Waals surface area contributed by atoms with Crippen LogP contribution in [0.15, 0.2) is 46.2 Å². The number of hydrogen-bond donors (Lipinski definition) is 0. The number of carbonyl (C=O) groups is 4. The van der Waals surface area contributed by atoms with Crippen LogP contribution in [-0.4, -0.2) is 112 Å². The van der Waals surface area contributed by atoms with Gasteiger partial charge in [-0.15, -0.1) is 0 Å². The van der Waals surface area contributed by atoms with Gasteiger partial charge in [0.2, 0.25) is 0 Å². The summed E-state index contributed by atoms with van der Waals surface area (Å²) in [6, 6.07) is 6.04. The van der Waals surface area contributed by atoms with Crippen molar-refractivity contribution < 1.29 is 64.1 Å². The molecule has 0 aliphatic carbocycles. The molecular formula is C36H50CaO14S2. The topological polar surface area (TPSA) is 220 Å². The van der Waals surface area contributed by atoms with Crippen LogP contribution in [0.5, 0.6) is 0 Å². The number of hydrogen-bond acceptors (Lipinski definition) is 14. The van der Waals surface area contributed by atoms with Crippen LogP contribution in [0.4, 0.5) is 0 Å². The molecule has 2 aromatic carbocycles. The van der Waals surface area contributed by atoms with Crippen LogP contribution in [0.2, 0.25) is 0 Å². The van der Waals surface area contributed by atoms with Gasteiger partial charge in [-0.05, 0) is 87.8 Å². The maximum absolute atomic E-state index is 12.3. The van der Waals surface area contributed by atoms with E-state index >= 15 is 0 Å². The second-order valence-electron chi connectivity index (χ2n) is 11.8. The van der Waals surface area contributed by atoms with E-state index in [2.05, 4.69) is 0 Å². The average Bonchev–Trinajstić information content (AvgIpc) is 3.12. The SMILES string of the molecule is CCC(CC)OC(=O)c1cc(C(=O)OC(CC)CC)cc(S(=O)(=O)[O-])c1.CCC(CC)OC(=O)c1cc(C(=O)OC(CC)CC)cc(S(=O)(=O)[O-])c1.[Ca+2]. The van der Waals surface area contributed by atoms with Crippen LogP contribution in [0.3, 0.4) is 0 Å². The Kier molecular flexibility index (Phi) is 22.8. The summed E-state index contributed by atoms with van der Waals surface area (Å²) in [4.78, 5) is 47.8. The molecule has 0 N–H and O–H groups in total. The molecule has 17 heteroatoms. The fraction of sp³-hybridized carbons (Fsp3) is 0.556. The molecule has 0 aromatic heterocycles. The smallest absolute Gasteiger partial charge is 0.744 e. The van der Waals surface area contributed by atoms with E-state index in [4.69, 9.17) is 18.9 Å². The molecule has 0 unspecified atom stereocenters. The first-order chi connectivity index (χ1) is 24.3. The molecule has 0 saturated carbocycles. The molecule has 0 atom stereocenters. The number of benzene rings is 2. The van der Waals surface area contributed by atoms with E-state index in [-0.39, 0.29) is 84.4 Å². The second-order valence-corrected chi connectivity index (χ2v) is 14.5. The van der Waals surface area contributed by atoms with Gasteiger partial charge >= 0.3 is 61.6 Å². The fourth-order valence-corrected chi connectivity index (χ4v) is 5.74. The van der Waals surface area contributed by atoms with Crippen molar-refractivity contribution in [3.63, 3.8) is 0 Å². The van der Waals surface area contributed by atoms with Crippen molar-refractivity contribution in [3.8, 4) is 0 Å². The molecule has 0 radical (unpaired) electrons. The van der Waals surface area contributed by atoms with Gasteiger partial charge in [-0.1, -0.05) is 55.4 Å². The molecule has 292 valence electrons. The van der Waals surface area contributed by atoms with Gasteiger partial charge in [-0.25, -0.2) is 36.0 Å². The Labute approximate surface area is 343 Å². The third-order valence-corrected chi connectivity index (χ3v) is 9.70. The minimum absolute atomic E-state index is 0. The molecule has 0 heterocycles. The van der Waals surface area contributed by atoms with Gasteiger partial charge in [0.05, 0.1) is 32.0 Å². The monoisotopic (exact) mass is 810 g/mol. The molecule has 0 aliphatic heterocycles. The van der Waals surface area contributed by atoms with E-state index in [1.165, 1.54) is 12.1 Å². The number of rotatable bonds is 18. The second kappa shape index (κ2) is 24.0. The van der Waals surface area contributed by atoms with E-state index in [1.54, 1.807) is 0 Å². The van der Waals surface area contributed by atoms with Crippen molar-refractivity contribution in [3.05, 3.63) is 58.7 Å². The van der Waals surface area contributed by atoms with Crippen molar-refractivity contribution in [2.75, 3.05) is 0 Å². The zero-order chi connectivity index (χ0) is 39.8. The first-order valence-electron chi connectivity index (χ1n) is 17.4. The van der Waals surface area contributed by atoms with Crippen LogP contribution in [0, 0.1) is 0 Å². The maximum atomic E-state index is 12.3. The number of carbonyl (C=O) groups excluding carboxylic acids is 4. The summed E-state index contributed by atoms with van der Waals surface area (Å²) in [7, 11) is -9.72. The van der Waals surface area contributed by atoms with Gasteiger partial charge < -0.3 is 28.1 Å². The minimum atomic E-state index is -4.86. The molecule has 2 rings (SSSR count). The van der Waals surface area contributed by atoms with Crippen molar-refractivity contribution in [2.45, 2.75) is 141 Å². The Morgan fingerprint density at radius 1 is 0.434 bits per heavy atom. The van der Waals surface area contributed by atoms with E-state index in [0.717, 1.165) is 24.3 Å². The normalized spacial score (nSPS) is 11.4. The maximum Gasteiger partial charge on any atom is 2.00 e. The summed E-state index contributed by atoms with van der Waals surface area (Å²) in [6.45, 7) is 14.8. The van der Waals surface area contributed by atoms with E-state index in [9.17, 15) is 45.1 Å². The summed E-state index contributed by atoms with van der Waals surface area (Å²) in [6.07, 6.45) is 3.36. The van der Waals surface area contributed by atoms with Crippen molar-refractivity contribution in [2.24, 2.45) is 0 Å². The molecule has 2 aromatic rings. The van der Waals surface area contributed by atoms with Crippen LogP contribution in [0.1, 0.15) is 148 Å². The van der Waals surface area contributed by atoms with Crippen LogP contribution in [-0.2, 0) is 39.2 Å². The van der Waals surface area contributed by atoms with Gasteiger partial charge in [0.25, 0.3) is 0 Å². The summed E-state index contributed by atoms with van der Waals surface area (Å²) >= 11 is 0. The van der Waals surface area contributed by atoms with E-state index in [1.807, 2.05) is 55.4 Å². The first kappa shape index (κ1) is 50.4. The third-order valence-electron chi connectivity index (χ3n) is 8.07. The zero-order valence-corrected chi connectivity index (χ0v) is 35.5. The fourth-order valence-electron chi connectivity index (χ4n) is 4.66. The molecule has 0 saturated heterocycles. The minimum Gasteiger partial charge on any atom is -0.744 e. The van der Waals surface area contributed by atoms with Crippen molar-refractivity contribution in [1.82, 2.24) is 0 Å². The summed E-state index contributed by atoms with van der Waals surface area (Å²) in [5.41, 5.74) is -0.703. The molecule has 0 aliphatic rings. The number of esters is 4. The van der Waals surface area contributed by atoms with Crippen LogP contribution < -0.4 is 0 Å². The molecule has 14 nitrogen and oxygen atoms in total. The van der Waals surface area contributed by atoms with Gasteiger partial charge in [0.1, 0.15) is 44.7 Å². The van der Waals surface area contributed by atoms with Crippen molar-refractivity contribution in [1.29, 1.82) is 0 Å². The molecule has 53 heavy (non-hydrogen) atoms. The van der Waals surface area contributed by atoms with E-state index in [0.29, 0.717) is 51.4 Å². The first-order valence-corrected chi connectivity index (χ1v) is 20.2. The van der Waals surface area contributed by atoms with Crippen molar-refractivity contribution >= 4 is 81.9 Å². The standard InChI is InChI=1S/2C18H26O7S.Ca/c2*1-5-14(6-2)24-17(19)12-9-13(11-16(10-12)26(21,22)23)18(20)25-15(7-3)8-4;/h2*9-11,14-15H,5-8H2,1-4H3,(H,21,22,23);/q;;+2/p-2. The Bertz CT molecular complexity index is 1510. The van der Waals surface area contributed by atoms with Gasteiger partial charge in [0, 0.05) is 0 Å². The van der Waals surface area contributed by atoms with E-state index < -0.39 is 53.9 Å². The largest absolute Gasteiger partial charge is 2.00 e. The Morgan fingerprint density at radius 3 is 0.736 bits per heavy atom. The van der Waals surface area contributed by atoms with Gasteiger partial charge in [0.15, 0.2) is 0 Å². The predicted octanol–water partition coefficient (Wildman–Crippen LogP) is 6.18. The summed E-state index contributed by atoms with van der Waals surface area (Å²) in [5.74, 6) is -3.16. The predicted molar refractivity (Wildman–Crippen MR) is 194 cm³/mol. The van der Waals surface area contributed by atoms with Gasteiger partial charge in [-0.2, -0.15) is 0 Å². The summed E-state index contributed by atoms with van der Waals surface area (Å²) in [5, 5.41) is 0. The number of ether oxygens (including phenoxy) is 4.